The molecule has 1 aromatic heterocycles. The van der Waals surface area contributed by atoms with E-state index >= 15 is 0 Å². The number of nitrogens with zero attached hydrogens (tertiary/aromatic N) is 1. The van der Waals surface area contributed by atoms with Crippen LogP contribution in [0.15, 0.2) is 17.0 Å². The molecule has 18 heavy (non-hydrogen) atoms. The maximum Gasteiger partial charge on any atom is 0.0121 e. The summed E-state index contributed by atoms with van der Waals surface area (Å²) in [5, 5.41) is 2.24. The van der Waals surface area contributed by atoms with E-state index in [-0.39, 0.29) is 0 Å². The average Bonchev–Trinajstić information content (AvgIpc) is 2.70. The lowest BCUT2D eigenvalue weighted by molar-refractivity contribution is 0.288. The van der Waals surface area contributed by atoms with E-state index in [1.165, 1.54) is 70.1 Å². The Kier molecular flexibility index (Phi) is 4.16. The molecule has 0 N–H and O–H groups in total. The lowest BCUT2D eigenvalue weighted by atomic mass is 9.96. The Bertz CT molecular complexity index is 410. The molecule has 0 saturated carbocycles. The Morgan fingerprint density at radius 2 is 1.89 bits per heavy atom. The van der Waals surface area contributed by atoms with Gasteiger partial charge in [0, 0.05) is 11.4 Å². The number of hydrogen-bond acceptors (Lipinski definition) is 2. The second kappa shape index (κ2) is 6.03. The van der Waals surface area contributed by atoms with Gasteiger partial charge in [-0.25, -0.2) is 0 Å². The molecule has 0 unspecified atom stereocenters. The molecule has 98 valence electrons. The first-order valence-electron chi connectivity index (χ1n) is 7.40. The highest BCUT2D eigenvalue weighted by molar-refractivity contribution is 7.10. The smallest absolute Gasteiger partial charge is 0.0121 e. The van der Waals surface area contributed by atoms with Gasteiger partial charge in [0.05, 0.1) is 0 Å². The van der Waals surface area contributed by atoms with Crippen LogP contribution in [0, 0.1) is 0 Å². The maximum absolute atomic E-state index is 2.68. The van der Waals surface area contributed by atoms with E-state index in [9.17, 15) is 0 Å². The average molecular weight is 261 g/mol. The quantitative estimate of drug-likeness (QED) is 0.782. The Morgan fingerprint density at radius 3 is 2.72 bits per heavy atom. The van der Waals surface area contributed by atoms with Crippen LogP contribution in [0.2, 0.25) is 0 Å². The van der Waals surface area contributed by atoms with Crippen LogP contribution in [0.5, 0.6) is 0 Å². The highest BCUT2D eigenvalue weighted by Gasteiger charge is 2.13. The lowest BCUT2D eigenvalue weighted by Crippen LogP contribution is -2.26. The van der Waals surface area contributed by atoms with Crippen molar-refractivity contribution in [1.29, 1.82) is 0 Å². The minimum Gasteiger partial charge on any atom is -0.303 e. The van der Waals surface area contributed by atoms with Crippen LogP contribution in [0.1, 0.15) is 49.0 Å². The van der Waals surface area contributed by atoms with Gasteiger partial charge in [0.1, 0.15) is 0 Å². The highest BCUT2D eigenvalue weighted by atomic mass is 32.1. The van der Waals surface area contributed by atoms with E-state index < -0.39 is 0 Å². The molecule has 2 heteroatoms. The minimum atomic E-state index is 1.28. The van der Waals surface area contributed by atoms with Gasteiger partial charge in [0.15, 0.2) is 0 Å². The molecule has 1 aliphatic carbocycles. The summed E-state index contributed by atoms with van der Waals surface area (Å²) in [7, 11) is 0. The van der Waals surface area contributed by atoms with Crippen molar-refractivity contribution >= 4 is 17.4 Å². The van der Waals surface area contributed by atoms with Crippen LogP contribution >= 0.6 is 11.3 Å². The zero-order chi connectivity index (χ0) is 12.2. The van der Waals surface area contributed by atoms with Crippen LogP contribution < -0.4 is 0 Å². The monoisotopic (exact) mass is 261 g/mol. The Balaban J connectivity index is 1.54. The van der Waals surface area contributed by atoms with Crippen molar-refractivity contribution in [3.63, 3.8) is 0 Å². The van der Waals surface area contributed by atoms with E-state index in [0.29, 0.717) is 0 Å². The van der Waals surface area contributed by atoms with Gasteiger partial charge in [-0.3, -0.25) is 0 Å². The summed E-state index contributed by atoms with van der Waals surface area (Å²) in [4.78, 5) is 4.27. The fraction of sp³-hybridized carbons (Fsp3) is 0.625. The highest BCUT2D eigenvalue weighted by Crippen LogP contribution is 2.29. The zero-order valence-electron chi connectivity index (χ0n) is 11.2. The van der Waals surface area contributed by atoms with Crippen molar-refractivity contribution < 1.29 is 0 Å². The number of fused-ring (bicyclic) bond motifs is 1. The van der Waals surface area contributed by atoms with E-state index in [4.69, 9.17) is 0 Å². The molecule has 0 bridgehead atoms. The Hall–Kier alpha value is -0.600. The van der Waals surface area contributed by atoms with Crippen molar-refractivity contribution in [2.75, 3.05) is 19.6 Å². The molecule has 1 nitrogen and oxygen atoms in total. The predicted molar refractivity (Wildman–Crippen MR) is 80.1 cm³/mol. The largest absolute Gasteiger partial charge is 0.303 e. The molecule has 3 rings (SSSR count). The third-order valence-corrected chi connectivity index (χ3v) is 5.26. The minimum absolute atomic E-state index is 1.28. The lowest BCUT2D eigenvalue weighted by Gasteiger charge is -2.21. The third-order valence-electron chi connectivity index (χ3n) is 4.26. The summed E-state index contributed by atoms with van der Waals surface area (Å²) in [5.74, 6) is 0. The molecule has 0 radical (unpaired) electrons. The summed E-state index contributed by atoms with van der Waals surface area (Å²) in [6, 6.07) is 2.28. The van der Waals surface area contributed by atoms with E-state index in [0.717, 1.165) is 0 Å². The first kappa shape index (κ1) is 12.4. The van der Waals surface area contributed by atoms with E-state index in [1.54, 1.807) is 10.5 Å². The van der Waals surface area contributed by atoms with Gasteiger partial charge in [-0.05, 0) is 62.2 Å². The Labute approximate surface area is 115 Å². The molecule has 2 heterocycles. The van der Waals surface area contributed by atoms with Crippen molar-refractivity contribution in [3.05, 3.63) is 27.5 Å². The molecule has 1 saturated heterocycles. The van der Waals surface area contributed by atoms with Crippen LogP contribution in [0.25, 0.3) is 6.08 Å². The Morgan fingerprint density at radius 1 is 1.06 bits per heavy atom. The fourth-order valence-electron chi connectivity index (χ4n) is 3.11. The standard InChI is InChI=1S/C16H23NS/c1-2-4-10-17(9-3-1)11-7-14-5-6-16-15(13-14)8-12-18-16/h8,12-13H,1-7,9-11H2. The van der Waals surface area contributed by atoms with Crippen molar-refractivity contribution in [2.45, 2.75) is 44.9 Å². The summed E-state index contributed by atoms with van der Waals surface area (Å²) in [6.07, 6.45) is 12.0. The van der Waals surface area contributed by atoms with Gasteiger partial charge in [-0.1, -0.05) is 24.5 Å². The molecule has 1 aliphatic heterocycles. The van der Waals surface area contributed by atoms with Crippen LogP contribution in [0.3, 0.4) is 0 Å². The SMILES string of the molecule is C1=C(CCN2CCCCCC2)CCc2sccc21. The second-order valence-corrected chi connectivity index (χ2v) is 6.61. The summed E-state index contributed by atoms with van der Waals surface area (Å²) < 4.78 is 0. The molecule has 1 aromatic rings. The summed E-state index contributed by atoms with van der Waals surface area (Å²) in [6.45, 7) is 3.94. The molecule has 0 amide bonds. The van der Waals surface area contributed by atoms with Crippen molar-refractivity contribution in [1.82, 2.24) is 4.90 Å². The number of likely N-dealkylation sites (tertiary alicyclic amines) is 1. The van der Waals surface area contributed by atoms with Gasteiger partial charge in [0.25, 0.3) is 0 Å². The normalized spacial score (nSPS) is 21.2. The van der Waals surface area contributed by atoms with Gasteiger partial charge >= 0.3 is 0 Å². The molecule has 0 atom stereocenters. The van der Waals surface area contributed by atoms with Crippen LogP contribution in [-0.2, 0) is 6.42 Å². The van der Waals surface area contributed by atoms with Crippen molar-refractivity contribution in [3.8, 4) is 0 Å². The number of aryl methyl sites for hydroxylation is 1. The van der Waals surface area contributed by atoms with Gasteiger partial charge in [0.2, 0.25) is 0 Å². The van der Waals surface area contributed by atoms with E-state index in [1.807, 2.05) is 11.3 Å². The van der Waals surface area contributed by atoms with Gasteiger partial charge < -0.3 is 4.90 Å². The van der Waals surface area contributed by atoms with Crippen LogP contribution in [-0.4, -0.2) is 24.5 Å². The summed E-state index contributed by atoms with van der Waals surface area (Å²) >= 11 is 1.92. The first-order chi connectivity index (χ1) is 8.92. The topological polar surface area (TPSA) is 3.24 Å². The third kappa shape index (κ3) is 3.04. The number of hydrogen-bond donors (Lipinski definition) is 0. The predicted octanol–water partition coefficient (Wildman–Crippen LogP) is 4.34. The summed E-state index contributed by atoms with van der Waals surface area (Å²) in [5.41, 5.74) is 3.17. The zero-order valence-corrected chi connectivity index (χ0v) is 12.0. The number of thiophene rings is 1. The molecular weight excluding hydrogens is 238 g/mol. The first-order valence-corrected chi connectivity index (χ1v) is 8.28. The molecule has 2 aliphatic rings. The second-order valence-electron chi connectivity index (χ2n) is 5.61. The maximum atomic E-state index is 2.68. The van der Waals surface area contributed by atoms with Gasteiger partial charge in [-0.15, -0.1) is 11.3 Å². The fourth-order valence-corrected chi connectivity index (χ4v) is 3.97. The molecule has 0 aromatic carbocycles. The molecular formula is C16H23NS. The molecule has 0 spiro atoms. The van der Waals surface area contributed by atoms with Gasteiger partial charge in [-0.2, -0.15) is 0 Å². The number of rotatable bonds is 3. The van der Waals surface area contributed by atoms with E-state index in [2.05, 4.69) is 22.4 Å². The van der Waals surface area contributed by atoms with Crippen LogP contribution in [0.4, 0.5) is 0 Å². The van der Waals surface area contributed by atoms with Crippen molar-refractivity contribution in [2.24, 2.45) is 0 Å². The molecule has 1 fully saturated rings.